The van der Waals surface area contributed by atoms with Gasteiger partial charge in [-0.1, -0.05) is 36.4 Å². The second-order valence-corrected chi connectivity index (χ2v) is 5.65. The Balaban J connectivity index is 1.51. The topological polar surface area (TPSA) is 41.6 Å². The molecule has 0 aliphatic rings. The van der Waals surface area contributed by atoms with E-state index in [4.69, 9.17) is 0 Å². The van der Waals surface area contributed by atoms with E-state index in [0.29, 0.717) is 0 Å². The van der Waals surface area contributed by atoms with Crippen LogP contribution in [0.15, 0.2) is 73.2 Å². The number of aryl methyl sites for hydroxylation is 2. The molecule has 0 spiro atoms. The Morgan fingerprint density at radius 3 is 2.43 bits per heavy atom. The van der Waals surface area contributed by atoms with Crippen molar-refractivity contribution in [2.24, 2.45) is 0 Å². The summed E-state index contributed by atoms with van der Waals surface area (Å²) in [5.41, 5.74) is 4.66. The molecule has 0 saturated heterocycles. The fourth-order valence-electron chi connectivity index (χ4n) is 2.77. The Morgan fingerprint density at radius 1 is 0.783 bits per heavy atom. The maximum Gasteiger partial charge on any atom is 0.128 e. The average Bonchev–Trinajstić information content (AvgIpc) is 3.09. The van der Waals surface area contributed by atoms with Crippen LogP contribution >= 0.6 is 0 Å². The summed E-state index contributed by atoms with van der Waals surface area (Å²) in [4.78, 5) is 12.2. The maximum absolute atomic E-state index is 4.52. The maximum atomic E-state index is 4.52. The molecule has 1 N–H and O–H groups in total. The van der Waals surface area contributed by atoms with Crippen LogP contribution < -0.4 is 0 Å². The number of hydrogen-bond acceptors (Lipinski definition) is 2. The van der Waals surface area contributed by atoms with Gasteiger partial charge < -0.3 is 4.98 Å². The minimum Gasteiger partial charge on any atom is -0.361 e. The molecule has 2 aromatic carbocycles. The number of hydrogen-bond donors (Lipinski definition) is 1. The molecule has 3 heteroatoms. The van der Waals surface area contributed by atoms with Crippen molar-refractivity contribution in [2.45, 2.75) is 12.8 Å². The third kappa shape index (κ3) is 2.99. The van der Waals surface area contributed by atoms with Crippen molar-refractivity contribution in [3.8, 4) is 11.1 Å². The highest BCUT2D eigenvalue weighted by molar-refractivity contribution is 5.84. The molecule has 0 atom stereocenters. The van der Waals surface area contributed by atoms with Gasteiger partial charge in [0.2, 0.25) is 0 Å². The molecule has 3 nitrogen and oxygen atoms in total. The van der Waals surface area contributed by atoms with Gasteiger partial charge in [0.25, 0.3) is 0 Å². The lowest BCUT2D eigenvalue weighted by Crippen LogP contribution is -1.98. The van der Waals surface area contributed by atoms with E-state index in [1.165, 1.54) is 10.9 Å². The Hall–Kier alpha value is -2.94. The molecule has 2 aromatic heterocycles. The van der Waals surface area contributed by atoms with E-state index >= 15 is 0 Å². The van der Waals surface area contributed by atoms with Crippen LogP contribution in [-0.4, -0.2) is 15.0 Å². The monoisotopic (exact) mass is 299 g/mol. The fourth-order valence-corrected chi connectivity index (χ4v) is 2.77. The number of H-pyrrole nitrogens is 1. The quantitative estimate of drug-likeness (QED) is 0.606. The molecule has 0 aliphatic carbocycles. The molecule has 0 unspecified atom stereocenters. The fraction of sp³-hybridized carbons (Fsp3) is 0.100. The minimum atomic E-state index is 0.862. The average molecular weight is 299 g/mol. The summed E-state index contributed by atoms with van der Waals surface area (Å²) < 4.78 is 0. The van der Waals surface area contributed by atoms with E-state index < -0.39 is 0 Å². The summed E-state index contributed by atoms with van der Waals surface area (Å²) in [5.74, 6) is 0.889. The van der Waals surface area contributed by atoms with Crippen LogP contribution in [0.2, 0.25) is 0 Å². The minimum absolute atomic E-state index is 0.862. The highest BCUT2D eigenvalue weighted by atomic mass is 14.9. The Kier molecular flexibility index (Phi) is 3.60. The summed E-state index contributed by atoms with van der Waals surface area (Å²) in [5, 5.41) is 1.20. The summed E-state index contributed by atoms with van der Waals surface area (Å²) in [6.45, 7) is 0. The van der Waals surface area contributed by atoms with Crippen LogP contribution in [0.1, 0.15) is 11.4 Å². The molecular weight excluding hydrogens is 282 g/mol. The molecule has 0 amide bonds. The first-order valence-electron chi connectivity index (χ1n) is 7.81. The molecule has 0 radical (unpaired) electrons. The molecule has 0 bridgehead atoms. The van der Waals surface area contributed by atoms with Gasteiger partial charge in [-0.05, 0) is 41.1 Å². The third-order valence-corrected chi connectivity index (χ3v) is 4.07. The van der Waals surface area contributed by atoms with Crippen molar-refractivity contribution < 1.29 is 0 Å². The predicted molar refractivity (Wildman–Crippen MR) is 93.2 cm³/mol. The molecule has 0 aliphatic heterocycles. The van der Waals surface area contributed by atoms with E-state index in [-0.39, 0.29) is 0 Å². The van der Waals surface area contributed by atoms with E-state index in [9.17, 15) is 0 Å². The number of rotatable bonds is 4. The lowest BCUT2D eigenvalue weighted by molar-refractivity contribution is 0.859. The molecule has 4 aromatic rings. The first kappa shape index (κ1) is 13.7. The van der Waals surface area contributed by atoms with Gasteiger partial charge in [0, 0.05) is 36.1 Å². The number of fused-ring (bicyclic) bond motifs is 1. The molecule has 23 heavy (non-hydrogen) atoms. The van der Waals surface area contributed by atoms with Crippen LogP contribution in [-0.2, 0) is 12.8 Å². The zero-order chi connectivity index (χ0) is 15.5. The first-order valence-corrected chi connectivity index (χ1v) is 7.81. The van der Waals surface area contributed by atoms with Crippen LogP contribution in [0.4, 0.5) is 0 Å². The molecule has 112 valence electrons. The van der Waals surface area contributed by atoms with Crippen molar-refractivity contribution >= 4 is 10.9 Å². The van der Waals surface area contributed by atoms with E-state index in [0.717, 1.165) is 35.3 Å². The molecule has 2 heterocycles. The van der Waals surface area contributed by atoms with Crippen LogP contribution in [0.25, 0.3) is 22.0 Å². The Morgan fingerprint density at radius 2 is 1.61 bits per heavy atom. The Bertz CT molecular complexity index is 908. The number of benzene rings is 2. The van der Waals surface area contributed by atoms with E-state index in [1.54, 1.807) is 0 Å². The van der Waals surface area contributed by atoms with Crippen molar-refractivity contribution in [3.05, 3.63) is 84.6 Å². The number of aromatic nitrogens is 3. The van der Waals surface area contributed by atoms with Gasteiger partial charge in [-0.2, -0.15) is 0 Å². The zero-order valence-electron chi connectivity index (χ0n) is 12.7. The van der Waals surface area contributed by atoms with E-state index in [1.807, 2.05) is 24.7 Å². The number of nitrogens with zero attached hydrogens (tertiary/aromatic N) is 2. The highest BCUT2D eigenvalue weighted by Crippen LogP contribution is 2.22. The predicted octanol–water partition coefficient (Wildman–Crippen LogP) is 4.41. The summed E-state index contributed by atoms with van der Waals surface area (Å²) in [6.07, 6.45) is 7.62. The van der Waals surface area contributed by atoms with Gasteiger partial charge in [-0.3, -0.25) is 0 Å². The standard InChI is InChI=1S/C20H17N3/c1-2-4-15(5-3-1)6-9-20-22-13-18(14-23-20)16-7-8-19-17(12-16)10-11-21-19/h1-5,7-8,10-14,21H,6,9H2. The van der Waals surface area contributed by atoms with Crippen LogP contribution in [0.3, 0.4) is 0 Å². The molecular formula is C20H17N3. The lowest BCUT2D eigenvalue weighted by Gasteiger charge is -2.04. The summed E-state index contributed by atoms with van der Waals surface area (Å²) >= 11 is 0. The van der Waals surface area contributed by atoms with Gasteiger partial charge in [-0.15, -0.1) is 0 Å². The lowest BCUT2D eigenvalue weighted by atomic mass is 10.1. The van der Waals surface area contributed by atoms with Crippen molar-refractivity contribution in [2.75, 3.05) is 0 Å². The van der Waals surface area contributed by atoms with Gasteiger partial charge in [0.1, 0.15) is 5.82 Å². The molecule has 0 fully saturated rings. The molecule has 4 rings (SSSR count). The second-order valence-electron chi connectivity index (χ2n) is 5.65. The van der Waals surface area contributed by atoms with Gasteiger partial charge in [0.15, 0.2) is 0 Å². The van der Waals surface area contributed by atoms with Crippen molar-refractivity contribution in [1.82, 2.24) is 15.0 Å². The summed E-state index contributed by atoms with van der Waals surface area (Å²) in [6, 6.07) is 18.9. The normalized spacial score (nSPS) is 11.0. The number of nitrogens with one attached hydrogen (secondary N) is 1. The highest BCUT2D eigenvalue weighted by Gasteiger charge is 2.03. The first-order chi connectivity index (χ1) is 11.4. The zero-order valence-corrected chi connectivity index (χ0v) is 12.7. The van der Waals surface area contributed by atoms with Crippen molar-refractivity contribution in [1.29, 1.82) is 0 Å². The SMILES string of the molecule is c1ccc(CCc2ncc(-c3ccc4[nH]ccc4c3)cn2)cc1. The van der Waals surface area contributed by atoms with Crippen molar-refractivity contribution in [3.63, 3.8) is 0 Å². The summed E-state index contributed by atoms with van der Waals surface area (Å²) in [7, 11) is 0. The second kappa shape index (κ2) is 6.05. The van der Waals surface area contributed by atoms with E-state index in [2.05, 4.69) is 63.5 Å². The van der Waals surface area contributed by atoms with Crippen LogP contribution in [0.5, 0.6) is 0 Å². The van der Waals surface area contributed by atoms with Gasteiger partial charge in [-0.25, -0.2) is 9.97 Å². The number of aromatic amines is 1. The van der Waals surface area contributed by atoms with Gasteiger partial charge >= 0.3 is 0 Å². The van der Waals surface area contributed by atoms with Crippen LogP contribution in [0, 0.1) is 0 Å². The molecule has 0 saturated carbocycles. The smallest absolute Gasteiger partial charge is 0.128 e. The largest absolute Gasteiger partial charge is 0.361 e. The van der Waals surface area contributed by atoms with Gasteiger partial charge in [0.05, 0.1) is 0 Å². The third-order valence-electron chi connectivity index (χ3n) is 4.07. The Labute approximate surface area is 135 Å².